The molecule has 0 aliphatic carbocycles. The summed E-state index contributed by atoms with van der Waals surface area (Å²) in [7, 11) is 0. The van der Waals surface area contributed by atoms with E-state index in [0.717, 1.165) is 48.0 Å². The van der Waals surface area contributed by atoms with Crippen molar-refractivity contribution in [2.45, 2.75) is 26.1 Å². The van der Waals surface area contributed by atoms with E-state index in [4.69, 9.17) is 0 Å². The van der Waals surface area contributed by atoms with Crippen molar-refractivity contribution in [3.8, 4) is 10.6 Å². The van der Waals surface area contributed by atoms with Gasteiger partial charge in [0.25, 0.3) is 0 Å². The van der Waals surface area contributed by atoms with Crippen molar-refractivity contribution in [3.63, 3.8) is 0 Å². The summed E-state index contributed by atoms with van der Waals surface area (Å²) in [6.45, 7) is 7.30. The van der Waals surface area contributed by atoms with E-state index < -0.39 is 11.7 Å². The van der Waals surface area contributed by atoms with Crippen LogP contribution in [0.1, 0.15) is 24.6 Å². The number of thiazole rings is 1. The highest BCUT2D eigenvalue weighted by Crippen LogP contribution is 2.31. The van der Waals surface area contributed by atoms with E-state index in [1.807, 2.05) is 5.38 Å². The molecule has 7 heteroatoms. The quantitative estimate of drug-likeness (QED) is 0.825. The lowest BCUT2D eigenvalue weighted by molar-refractivity contribution is -0.137. The van der Waals surface area contributed by atoms with E-state index in [-0.39, 0.29) is 0 Å². The molecule has 1 N–H and O–H groups in total. The van der Waals surface area contributed by atoms with Gasteiger partial charge in [0.1, 0.15) is 5.01 Å². The van der Waals surface area contributed by atoms with E-state index >= 15 is 0 Å². The zero-order valence-corrected chi connectivity index (χ0v) is 15.0. The molecule has 3 nitrogen and oxygen atoms in total. The van der Waals surface area contributed by atoms with Gasteiger partial charge in [-0.1, -0.05) is 19.1 Å². The molecule has 2 aromatic rings. The van der Waals surface area contributed by atoms with Crippen molar-refractivity contribution in [3.05, 3.63) is 40.9 Å². The molecule has 1 saturated heterocycles. The first-order valence-electron chi connectivity index (χ1n) is 8.51. The molecule has 1 aromatic carbocycles. The van der Waals surface area contributed by atoms with E-state index in [2.05, 4.69) is 22.1 Å². The predicted molar refractivity (Wildman–Crippen MR) is 94.5 cm³/mol. The number of hydrogen-bond acceptors (Lipinski definition) is 4. The van der Waals surface area contributed by atoms with Gasteiger partial charge in [-0.15, -0.1) is 11.3 Å². The van der Waals surface area contributed by atoms with Crippen LogP contribution in [0, 0.1) is 5.92 Å². The molecule has 1 atom stereocenters. The van der Waals surface area contributed by atoms with E-state index in [9.17, 15) is 13.2 Å². The smallest absolute Gasteiger partial charge is 0.311 e. The molecule has 136 valence electrons. The van der Waals surface area contributed by atoms with Crippen molar-refractivity contribution in [2.75, 3.05) is 26.2 Å². The van der Waals surface area contributed by atoms with Gasteiger partial charge < -0.3 is 10.2 Å². The van der Waals surface area contributed by atoms with Gasteiger partial charge >= 0.3 is 6.18 Å². The molecule has 1 aliphatic rings. The van der Waals surface area contributed by atoms with E-state index in [1.54, 1.807) is 0 Å². The molecule has 3 rings (SSSR count). The van der Waals surface area contributed by atoms with Crippen molar-refractivity contribution in [2.24, 2.45) is 5.92 Å². The SMILES string of the molecule is CCN1CCC(CNCc2csc(-c3ccc(C(F)(F)F)cc3)n2)C1. The molecule has 25 heavy (non-hydrogen) atoms. The molecule has 0 radical (unpaired) electrons. The number of nitrogens with one attached hydrogen (secondary N) is 1. The van der Waals surface area contributed by atoms with Gasteiger partial charge in [-0.05, 0) is 44.1 Å². The lowest BCUT2D eigenvalue weighted by Crippen LogP contribution is -2.26. The summed E-state index contributed by atoms with van der Waals surface area (Å²) in [5.41, 5.74) is 1.02. The number of halogens is 3. The van der Waals surface area contributed by atoms with E-state index in [1.165, 1.54) is 36.4 Å². The van der Waals surface area contributed by atoms with Crippen LogP contribution < -0.4 is 5.32 Å². The first kappa shape index (κ1) is 18.4. The van der Waals surface area contributed by atoms with Gasteiger partial charge in [-0.25, -0.2) is 4.98 Å². The molecular formula is C18H22F3N3S. The Morgan fingerprint density at radius 2 is 2.04 bits per heavy atom. The molecular weight excluding hydrogens is 347 g/mol. The second kappa shape index (κ2) is 7.85. The maximum absolute atomic E-state index is 12.6. The minimum Gasteiger partial charge on any atom is -0.311 e. The average molecular weight is 369 g/mol. The van der Waals surface area contributed by atoms with Gasteiger partial charge in [-0.2, -0.15) is 13.2 Å². The van der Waals surface area contributed by atoms with Crippen LogP contribution in [-0.2, 0) is 12.7 Å². The van der Waals surface area contributed by atoms with Gasteiger partial charge in [0.2, 0.25) is 0 Å². The van der Waals surface area contributed by atoms with Crippen LogP contribution in [0.25, 0.3) is 10.6 Å². The fourth-order valence-corrected chi connectivity index (χ4v) is 3.92. The fourth-order valence-electron chi connectivity index (χ4n) is 3.09. The zero-order valence-electron chi connectivity index (χ0n) is 14.1. The monoisotopic (exact) mass is 369 g/mol. The maximum Gasteiger partial charge on any atom is 0.416 e. The Bertz CT molecular complexity index is 682. The molecule has 1 fully saturated rings. The summed E-state index contributed by atoms with van der Waals surface area (Å²) >= 11 is 1.46. The molecule has 1 unspecified atom stereocenters. The number of rotatable bonds is 6. The summed E-state index contributed by atoms with van der Waals surface area (Å²) < 4.78 is 37.8. The molecule has 0 bridgehead atoms. The number of benzene rings is 1. The first-order valence-corrected chi connectivity index (χ1v) is 9.38. The third-order valence-electron chi connectivity index (χ3n) is 4.57. The van der Waals surface area contributed by atoms with Crippen molar-refractivity contribution in [1.29, 1.82) is 0 Å². The number of aromatic nitrogens is 1. The van der Waals surface area contributed by atoms with Crippen molar-refractivity contribution >= 4 is 11.3 Å². The predicted octanol–water partition coefficient (Wildman–Crippen LogP) is 4.26. The Morgan fingerprint density at radius 3 is 2.68 bits per heavy atom. The third-order valence-corrected chi connectivity index (χ3v) is 5.51. The molecule has 0 spiro atoms. The van der Waals surface area contributed by atoms with Gasteiger partial charge in [0.05, 0.1) is 11.3 Å². The summed E-state index contributed by atoms with van der Waals surface area (Å²) in [6, 6.07) is 5.18. The number of alkyl halides is 3. The minimum atomic E-state index is -4.30. The van der Waals surface area contributed by atoms with Gasteiger partial charge in [0, 0.05) is 24.0 Å². The third kappa shape index (κ3) is 4.80. The maximum atomic E-state index is 12.6. The topological polar surface area (TPSA) is 28.2 Å². The largest absolute Gasteiger partial charge is 0.416 e. The van der Waals surface area contributed by atoms with Crippen LogP contribution in [0.3, 0.4) is 0 Å². The zero-order chi connectivity index (χ0) is 17.9. The van der Waals surface area contributed by atoms with Crippen LogP contribution in [0.4, 0.5) is 13.2 Å². The standard InChI is InChI=1S/C18H22F3N3S/c1-2-24-8-7-13(11-24)9-22-10-16-12-25-17(23-16)14-3-5-15(6-4-14)18(19,20)21/h3-6,12-13,22H,2,7-11H2,1H3. The second-order valence-corrected chi connectivity index (χ2v) is 7.26. The minimum absolute atomic E-state index is 0.632. The normalized spacial score (nSPS) is 18.8. The van der Waals surface area contributed by atoms with Crippen molar-refractivity contribution in [1.82, 2.24) is 15.2 Å². The Labute approximate surface area is 149 Å². The Hall–Kier alpha value is -1.44. The van der Waals surface area contributed by atoms with Crippen LogP contribution >= 0.6 is 11.3 Å². The highest BCUT2D eigenvalue weighted by Gasteiger charge is 2.30. The van der Waals surface area contributed by atoms with Gasteiger partial charge in [0.15, 0.2) is 0 Å². The first-order chi connectivity index (χ1) is 12.0. The van der Waals surface area contributed by atoms with Crippen LogP contribution in [0.2, 0.25) is 0 Å². The number of hydrogen-bond donors (Lipinski definition) is 1. The highest BCUT2D eigenvalue weighted by atomic mass is 32.1. The van der Waals surface area contributed by atoms with Gasteiger partial charge in [-0.3, -0.25) is 0 Å². The average Bonchev–Trinajstić information content (AvgIpc) is 3.23. The van der Waals surface area contributed by atoms with Crippen LogP contribution in [-0.4, -0.2) is 36.1 Å². The molecule has 2 heterocycles. The number of likely N-dealkylation sites (tertiary alicyclic amines) is 1. The molecule has 1 aromatic heterocycles. The lowest BCUT2D eigenvalue weighted by atomic mass is 10.1. The highest BCUT2D eigenvalue weighted by molar-refractivity contribution is 7.13. The summed E-state index contributed by atoms with van der Waals surface area (Å²) in [6.07, 6.45) is -3.07. The lowest BCUT2D eigenvalue weighted by Gasteiger charge is -2.13. The Morgan fingerprint density at radius 1 is 1.28 bits per heavy atom. The second-order valence-electron chi connectivity index (χ2n) is 6.40. The summed E-state index contributed by atoms with van der Waals surface area (Å²) in [5.74, 6) is 0.688. The molecule has 0 amide bonds. The Kier molecular flexibility index (Phi) is 5.76. The number of nitrogens with zero attached hydrogens (tertiary/aromatic N) is 2. The Balaban J connectivity index is 1.52. The fraction of sp³-hybridized carbons (Fsp3) is 0.500. The summed E-state index contributed by atoms with van der Waals surface area (Å²) in [5, 5.41) is 6.17. The van der Waals surface area contributed by atoms with Crippen molar-refractivity contribution < 1.29 is 13.2 Å². The molecule has 1 aliphatic heterocycles. The summed E-state index contributed by atoms with van der Waals surface area (Å²) in [4.78, 5) is 6.99. The van der Waals surface area contributed by atoms with Crippen LogP contribution in [0.5, 0.6) is 0 Å². The van der Waals surface area contributed by atoms with Crippen LogP contribution in [0.15, 0.2) is 29.6 Å². The molecule has 0 saturated carbocycles. The van der Waals surface area contributed by atoms with E-state index in [0.29, 0.717) is 12.5 Å².